The Hall–Kier alpha value is -2.53. The summed E-state index contributed by atoms with van der Waals surface area (Å²) in [4.78, 5) is 14.9. The number of rotatable bonds is 5. The first-order valence-corrected chi connectivity index (χ1v) is 11.2. The zero-order valence-electron chi connectivity index (χ0n) is 17.1. The topological polar surface area (TPSA) is 44.4 Å². The summed E-state index contributed by atoms with van der Waals surface area (Å²) in [6.07, 6.45) is 1.77. The summed E-state index contributed by atoms with van der Waals surface area (Å²) in [5.41, 5.74) is 3.12. The SMILES string of the molecule is O=C(Nc1ccc(Cl)cc1Cl)NC1CCN(C(c2ccccc2)c2ccccc2)CC1. The Morgan fingerprint density at radius 2 is 1.45 bits per heavy atom. The second-order valence-corrected chi connectivity index (χ2v) is 8.60. The molecule has 160 valence electrons. The smallest absolute Gasteiger partial charge is 0.319 e. The highest BCUT2D eigenvalue weighted by Gasteiger charge is 2.28. The molecule has 0 aliphatic carbocycles. The molecule has 4 rings (SSSR count). The molecule has 1 fully saturated rings. The lowest BCUT2D eigenvalue weighted by Gasteiger charge is -2.38. The van der Waals surface area contributed by atoms with Gasteiger partial charge in [0.25, 0.3) is 0 Å². The third-order valence-electron chi connectivity index (χ3n) is 5.64. The summed E-state index contributed by atoms with van der Waals surface area (Å²) in [7, 11) is 0. The Balaban J connectivity index is 1.38. The molecule has 0 spiro atoms. The molecule has 0 atom stereocenters. The molecular formula is C25H25Cl2N3O. The van der Waals surface area contributed by atoms with E-state index in [2.05, 4.69) is 64.1 Å². The van der Waals surface area contributed by atoms with Crippen LogP contribution in [-0.4, -0.2) is 30.1 Å². The average molecular weight is 454 g/mol. The van der Waals surface area contributed by atoms with Gasteiger partial charge in [0.15, 0.2) is 0 Å². The molecule has 0 aromatic heterocycles. The van der Waals surface area contributed by atoms with Crippen molar-refractivity contribution in [3.63, 3.8) is 0 Å². The van der Waals surface area contributed by atoms with Gasteiger partial charge in [0.1, 0.15) is 0 Å². The van der Waals surface area contributed by atoms with E-state index in [1.165, 1.54) is 11.1 Å². The number of halogens is 2. The van der Waals surface area contributed by atoms with Crippen LogP contribution in [0.15, 0.2) is 78.9 Å². The molecule has 0 bridgehead atoms. The lowest BCUT2D eigenvalue weighted by atomic mass is 9.94. The highest BCUT2D eigenvalue weighted by atomic mass is 35.5. The average Bonchev–Trinajstić information content (AvgIpc) is 2.79. The summed E-state index contributed by atoms with van der Waals surface area (Å²) < 4.78 is 0. The van der Waals surface area contributed by atoms with Gasteiger partial charge in [0, 0.05) is 24.2 Å². The van der Waals surface area contributed by atoms with Crippen molar-refractivity contribution in [1.29, 1.82) is 0 Å². The van der Waals surface area contributed by atoms with E-state index in [-0.39, 0.29) is 18.1 Å². The van der Waals surface area contributed by atoms with E-state index >= 15 is 0 Å². The Kier molecular flexibility index (Phi) is 7.13. The number of nitrogens with one attached hydrogen (secondary N) is 2. The van der Waals surface area contributed by atoms with E-state index in [1.807, 2.05) is 12.1 Å². The zero-order valence-corrected chi connectivity index (χ0v) is 18.6. The molecule has 31 heavy (non-hydrogen) atoms. The summed E-state index contributed by atoms with van der Waals surface area (Å²) in [6.45, 7) is 1.81. The van der Waals surface area contributed by atoms with Crippen molar-refractivity contribution in [2.75, 3.05) is 18.4 Å². The highest BCUT2D eigenvalue weighted by Crippen LogP contribution is 2.31. The fourth-order valence-electron chi connectivity index (χ4n) is 4.12. The van der Waals surface area contributed by atoms with Crippen molar-refractivity contribution >= 4 is 34.9 Å². The normalized spacial score (nSPS) is 15.1. The van der Waals surface area contributed by atoms with Gasteiger partial charge in [-0.1, -0.05) is 83.9 Å². The standard InChI is InChI=1S/C25H25Cl2N3O/c26-20-11-12-23(22(27)17-20)29-25(31)28-21-13-15-30(16-14-21)24(18-7-3-1-4-8-18)19-9-5-2-6-10-19/h1-12,17,21,24H,13-16H2,(H2,28,29,31). The number of carbonyl (C=O) groups excluding carboxylic acids is 1. The van der Waals surface area contributed by atoms with Gasteiger partial charge in [-0.2, -0.15) is 0 Å². The summed E-state index contributed by atoms with van der Waals surface area (Å²) in [5, 5.41) is 6.86. The first-order valence-electron chi connectivity index (χ1n) is 10.5. The number of hydrogen-bond acceptors (Lipinski definition) is 2. The summed E-state index contributed by atoms with van der Waals surface area (Å²) in [6, 6.07) is 26.3. The molecule has 2 amide bonds. The largest absolute Gasteiger partial charge is 0.335 e. The van der Waals surface area contributed by atoms with Crippen molar-refractivity contribution in [2.45, 2.75) is 24.9 Å². The molecule has 6 heteroatoms. The summed E-state index contributed by atoms with van der Waals surface area (Å²) >= 11 is 12.1. The van der Waals surface area contributed by atoms with Gasteiger partial charge in [-0.3, -0.25) is 4.90 Å². The zero-order chi connectivity index (χ0) is 21.6. The number of piperidine rings is 1. The second kappa shape index (κ2) is 10.2. The molecule has 1 aliphatic rings. The minimum absolute atomic E-state index is 0.120. The third-order valence-corrected chi connectivity index (χ3v) is 6.19. The van der Waals surface area contributed by atoms with Crippen molar-refractivity contribution in [1.82, 2.24) is 10.2 Å². The first kappa shape index (κ1) is 21.7. The number of urea groups is 1. The monoisotopic (exact) mass is 453 g/mol. The van der Waals surface area contributed by atoms with E-state index in [4.69, 9.17) is 23.2 Å². The van der Waals surface area contributed by atoms with E-state index in [9.17, 15) is 4.79 Å². The summed E-state index contributed by atoms with van der Waals surface area (Å²) in [5.74, 6) is 0. The Bertz CT molecular complexity index is 966. The van der Waals surface area contributed by atoms with Gasteiger partial charge in [-0.15, -0.1) is 0 Å². The molecule has 1 saturated heterocycles. The van der Waals surface area contributed by atoms with E-state index in [1.54, 1.807) is 18.2 Å². The second-order valence-electron chi connectivity index (χ2n) is 7.76. The van der Waals surface area contributed by atoms with Crippen LogP contribution < -0.4 is 10.6 Å². The number of nitrogens with zero attached hydrogens (tertiary/aromatic N) is 1. The molecule has 0 unspecified atom stereocenters. The van der Waals surface area contributed by atoms with Gasteiger partial charge < -0.3 is 10.6 Å². The van der Waals surface area contributed by atoms with Gasteiger partial charge in [0.05, 0.1) is 16.8 Å². The number of anilines is 1. The molecule has 1 aliphatic heterocycles. The lowest BCUT2D eigenvalue weighted by molar-refractivity contribution is 0.164. The fraction of sp³-hybridized carbons (Fsp3) is 0.240. The molecular weight excluding hydrogens is 429 g/mol. The van der Waals surface area contributed by atoms with Gasteiger partial charge in [-0.05, 0) is 42.2 Å². The van der Waals surface area contributed by atoms with Crippen LogP contribution in [0.2, 0.25) is 10.0 Å². The van der Waals surface area contributed by atoms with Crippen LogP contribution in [0.5, 0.6) is 0 Å². The number of likely N-dealkylation sites (tertiary alicyclic amines) is 1. The first-order chi connectivity index (χ1) is 15.1. The molecule has 3 aromatic carbocycles. The number of hydrogen-bond donors (Lipinski definition) is 2. The maximum Gasteiger partial charge on any atom is 0.319 e. The third kappa shape index (κ3) is 5.59. The van der Waals surface area contributed by atoms with Crippen LogP contribution in [0.4, 0.5) is 10.5 Å². The van der Waals surface area contributed by atoms with E-state index < -0.39 is 0 Å². The van der Waals surface area contributed by atoms with Crippen molar-refractivity contribution in [2.24, 2.45) is 0 Å². The molecule has 3 aromatic rings. The lowest BCUT2D eigenvalue weighted by Crippen LogP contribution is -2.47. The van der Waals surface area contributed by atoms with Crippen LogP contribution in [-0.2, 0) is 0 Å². The van der Waals surface area contributed by atoms with Crippen LogP contribution in [0.25, 0.3) is 0 Å². The number of benzene rings is 3. The van der Waals surface area contributed by atoms with E-state index in [0.29, 0.717) is 15.7 Å². The number of carbonyl (C=O) groups is 1. The molecule has 0 saturated carbocycles. The van der Waals surface area contributed by atoms with Crippen LogP contribution in [0.3, 0.4) is 0 Å². The Morgan fingerprint density at radius 1 is 0.871 bits per heavy atom. The van der Waals surface area contributed by atoms with Gasteiger partial charge in [0.2, 0.25) is 0 Å². The molecule has 0 radical (unpaired) electrons. The van der Waals surface area contributed by atoms with Crippen LogP contribution >= 0.6 is 23.2 Å². The Morgan fingerprint density at radius 3 is 2.00 bits per heavy atom. The number of amides is 2. The van der Waals surface area contributed by atoms with Crippen LogP contribution in [0.1, 0.15) is 30.0 Å². The van der Waals surface area contributed by atoms with Gasteiger partial charge >= 0.3 is 6.03 Å². The highest BCUT2D eigenvalue weighted by molar-refractivity contribution is 6.36. The Labute approximate surface area is 193 Å². The quantitative estimate of drug-likeness (QED) is 0.471. The predicted octanol–water partition coefficient (Wildman–Crippen LogP) is 6.37. The maximum atomic E-state index is 12.4. The molecule has 4 nitrogen and oxygen atoms in total. The molecule has 2 N–H and O–H groups in total. The fourth-order valence-corrected chi connectivity index (χ4v) is 4.58. The van der Waals surface area contributed by atoms with Gasteiger partial charge in [-0.25, -0.2) is 4.79 Å². The minimum atomic E-state index is -0.245. The van der Waals surface area contributed by atoms with Crippen molar-refractivity contribution in [3.8, 4) is 0 Å². The maximum absolute atomic E-state index is 12.4. The molecule has 1 heterocycles. The van der Waals surface area contributed by atoms with E-state index in [0.717, 1.165) is 25.9 Å². The minimum Gasteiger partial charge on any atom is -0.335 e. The van der Waals surface area contributed by atoms with Crippen molar-refractivity contribution < 1.29 is 4.79 Å². The predicted molar refractivity (Wildman–Crippen MR) is 128 cm³/mol. The van der Waals surface area contributed by atoms with Crippen LogP contribution in [0, 0.1) is 0 Å². The van der Waals surface area contributed by atoms with Crippen molar-refractivity contribution in [3.05, 3.63) is 100 Å².